The highest BCUT2D eigenvalue weighted by Crippen LogP contribution is 2.19. The van der Waals surface area contributed by atoms with Gasteiger partial charge in [-0.05, 0) is 31.2 Å². The average molecular weight is 321 g/mol. The summed E-state index contributed by atoms with van der Waals surface area (Å²) in [6.07, 6.45) is 1.74. The van der Waals surface area contributed by atoms with Crippen molar-refractivity contribution in [3.63, 3.8) is 0 Å². The van der Waals surface area contributed by atoms with Crippen LogP contribution in [0.4, 0.5) is 4.39 Å². The third kappa shape index (κ3) is 4.42. The predicted octanol–water partition coefficient (Wildman–Crippen LogP) is 2.97. The van der Waals surface area contributed by atoms with Crippen molar-refractivity contribution in [1.82, 2.24) is 15.5 Å². The van der Waals surface area contributed by atoms with Crippen LogP contribution < -0.4 is 5.32 Å². The van der Waals surface area contributed by atoms with E-state index in [0.717, 1.165) is 5.75 Å². The largest absolute Gasteiger partial charge is 0.344 e. The Hall–Kier alpha value is -2.15. The first-order chi connectivity index (χ1) is 10.6. The van der Waals surface area contributed by atoms with Crippen molar-refractivity contribution in [3.8, 4) is 11.4 Å². The molecule has 1 atom stereocenters. The minimum Gasteiger partial charge on any atom is -0.344 e. The van der Waals surface area contributed by atoms with Gasteiger partial charge in [0, 0.05) is 11.3 Å². The number of hydrogen-bond donors (Lipinski definition) is 1. The highest BCUT2D eigenvalue weighted by Gasteiger charge is 2.17. The summed E-state index contributed by atoms with van der Waals surface area (Å²) in [5.74, 6) is 1.29. The minimum atomic E-state index is -0.390. The molecule has 0 radical (unpaired) electrons. The van der Waals surface area contributed by atoms with Crippen LogP contribution in [0, 0.1) is 5.82 Å². The van der Waals surface area contributed by atoms with Crippen LogP contribution in [0.15, 0.2) is 41.4 Å². The first-order valence-electron chi connectivity index (χ1n) is 6.67. The molecule has 0 fully saturated rings. The van der Waals surface area contributed by atoms with Crippen molar-refractivity contribution in [2.75, 3.05) is 11.5 Å². The predicted molar refractivity (Wildman–Crippen MR) is 83.8 cm³/mol. The molecule has 0 spiro atoms. The summed E-state index contributed by atoms with van der Waals surface area (Å²) in [7, 11) is 0. The molecule has 22 heavy (non-hydrogen) atoms. The fourth-order valence-electron chi connectivity index (χ4n) is 1.71. The molecule has 116 valence electrons. The zero-order valence-corrected chi connectivity index (χ0v) is 12.9. The summed E-state index contributed by atoms with van der Waals surface area (Å²) in [4.78, 5) is 15.9. The molecule has 1 amide bonds. The van der Waals surface area contributed by atoms with Crippen molar-refractivity contribution in [2.45, 2.75) is 13.0 Å². The van der Waals surface area contributed by atoms with Gasteiger partial charge in [-0.2, -0.15) is 4.98 Å². The molecule has 1 aromatic carbocycles. The van der Waals surface area contributed by atoms with E-state index in [4.69, 9.17) is 4.52 Å². The average Bonchev–Trinajstić information content (AvgIpc) is 2.98. The van der Waals surface area contributed by atoms with Gasteiger partial charge in [-0.25, -0.2) is 4.39 Å². The number of amides is 1. The maximum absolute atomic E-state index is 12.9. The number of benzene rings is 1. The number of halogens is 1. The molecule has 1 N–H and O–H groups in total. The Kier molecular flexibility index (Phi) is 5.71. The van der Waals surface area contributed by atoms with E-state index in [1.807, 2.05) is 0 Å². The molecular formula is C15H16FN3O2S. The van der Waals surface area contributed by atoms with E-state index in [2.05, 4.69) is 22.0 Å². The van der Waals surface area contributed by atoms with Gasteiger partial charge in [-0.15, -0.1) is 18.3 Å². The Bertz CT molecular complexity index is 642. The van der Waals surface area contributed by atoms with Crippen LogP contribution in [-0.2, 0) is 4.79 Å². The number of aromatic nitrogens is 2. The Balaban J connectivity index is 1.96. The Morgan fingerprint density at radius 3 is 2.91 bits per heavy atom. The van der Waals surface area contributed by atoms with E-state index >= 15 is 0 Å². The summed E-state index contributed by atoms with van der Waals surface area (Å²) in [6, 6.07) is 5.40. The molecule has 2 rings (SSSR count). The highest BCUT2D eigenvalue weighted by atomic mass is 32.2. The Morgan fingerprint density at radius 2 is 2.23 bits per heavy atom. The van der Waals surface area contributed by atoms with E-state index in [9.17, 15) is 9.18 Å². The van der Waals surface area contributed by atoms with Gasteiger partial charge in [-0.3, -0.25) is 4.79 Å². The van der Waals surface area contributed by atoms with E-state index in [1.54, 1.807) is 25.1 Å². The molecule has 1 heterocycles. The van der Waals surface area contributed by atoms with Gasteiger partial charge in [0.25, 0.3) is 0 Å². The summed E-state index contributed by atoms with van der Waals surface area (Å²) in [6.45, 7) is 5.36. The highest BCUT2D eigenvalue weighted by molar-refractivity contribution is 8.00. The van der Waals surface area contributed by atoms with Crippen LogP contribution in [-0.4, -0.2) is 27.6 Å². The number of carbonyl (C=O) groups is 1. The lowest BCUT2D eigenvalue weighted by atomic mass is 10.2. The second-order valence-corrected chi connectivity index (χ2v) is 5.59. The molecule has 1 aromatic heterocycles. The maximum Gasteiger partial charge on any atom is 0.249 e. The van der Waals surface area contributed by atoms with Gasteiger partial charge < -0.3 is 9.84 Å². The summed E-state index contributed by atoms with van der Waals surface area (Å²) in [5, 5.41) is 6.62. The topological polar surface area (TPSA) is 68.0 Å². The molecule has 7 heteroatoms. The van der Waals surface area contributed by atoms with Crippen molar-refractivity contribution >= 4 is 17.7 Å². The first-order valence-corrected chi connectivity index (χ1v) is 7.83. The third-order valence-corrected chi connectivity index (χ3v) is 3.70. The van der Waals surface area contributed by atoms with Gasteiger partial charge in [0.15, 0.2) is 0 Å². The molecule has 5 nitrogen and oxygen atoms in total. The van der Waals surface area contributed by atoms with Crippen molar-refractivity contribution < 1.29 is 13.7 Å². The van der Waals surface area contributed by atoms with E-state index in [1.165, 1.54) is 23.9 Å². The zero-order chi connectivity index (χ0) is 15.9. The molecule has 0 aliphatic carbocycles. The van der Waals surface area contributed by atoms with Gasteiger partial charge in [0.05, 0.1) is 5.75 Å². The zero-order valence-electron chi connectivity index (χ0n) is 12.1. The quantitative estimate of drug-likeness (QED) is 0.627. The second kappa shape index (κ2) is 7.74. The summed E-state index contributed by atoms with van der Waals surface area (Å²) in [5.41, 5.74) is 0.650. The second-order valence-electron chi connectivity index (χ2n) is 4.56. The van der Waals surface area contributed by atoms with E-state index in [-0.39, 0.29) is 11.7 Å². The minimum absolute atomic E-state index is 0.110. The van der Waals surface area contributed by atoms with Crippen LogP contribution in [0.1, 0.15) is 18.9 Å². The van der Waals surface area contributed by atoms with E-state index in [0.29, 0.717) is 23.0 Å². The van der Waals surface area contributed by atoms with Crippen LogP contribution >= 0.6 is 11.8 Å². The van der Waals surface area contributed by atoms with Gasteiger partial charge in [-0.1, -0.05) is 11.2 Å². The van der Waals surface area contributed by atoms with Gasteiger partial charge in [0.2, 0.25) is 17.6 Å². The number of thioether (sulfide) groups is 1. The van der Waals surface area contributed by atoms with Crippen LogP contribution in [0.3, 0.4) is 0 Å². The normalized spacial score (nSPS) is 11.9. The fraction of sp³-hybridized carbons (Fsp3) is 0.267. The number of carbonyl (C=O) groups excluding carboxylic acids is 1. The fourth-order valence-corrected chi connectivity index (χ4v) is 2.26. The molecule has 0 bridgehead atoms. The number of nitrogens with zero attached hydrogens (tertiary/aromatic N) is 2. The Labute approximate surface area is 132 Å². The molecule has 0 unspecified atom stereocenters. The first kappa shape index (κ1) is 16.2. The lowest BCUT2D eigenvalue weighted by Crippen LogP contribution is -2.28. The molecule has 0 saturated carbocycles. The maximum atomic E-state index is 12.9. The lowest BCUT2D eigenvalue weighted by Gasteiger charge is -2.08. The summed E-state index contributed by atoms with van der Waals surface area (Å²) < 4.78 is 18.0. The molecule has 0 aliphatic heterocycles. The molecule has 2 aromatic rings. The van der Waals surface area contributed by atoms with Crippen molar-refractivity contribution in [1.29, 1.82) is 0 Å². The number of hydrogen-bond acceptors (Lipinski definition) is 5. The lowest BCUT2D eigenvalue weighted by molar-refractivity contribution is -0.119. The number of rotatable bonds is 7. The van der Waals surface area contributed by atoms with E-state index < -0.39 is 6.04 Å². The third-order valence-electron chi connectivity index (χ3n) is 2.76. The molecule has 0 saturated heterocycles. The van der Waals surface area contributed by atoms with Gasteiger partial charge >= 0.3 is 0 Å². The Morgan fingerprint density at radius 1 is 1.50 bits per heavy atom. The van der Waals surface area contributed by atoms with Crippen molar-refractivity contribution in [3.05, 3.63) is 48.6 Å². The van der Waals surface area contributed by atoms with Crippen molar-refractivity contribution in [2.24, 2.45) is 0 Å². The van der Waals surface area contributed by atoms with Gasteiger partial charge in [0.1, 0.15) is 11.9 Å². The van der Waals surface area contributed by atoms with Crippen LogP contribution in [0.5, 0.6) is 0 Å². The SMILES string of the molecule is C=CCSCC(=O)N[C@H](C)c1nc(-c2ccc(F)cc2)no1. The molecule has 0 aliphatic rings. The van der Waals surface area contributed by atoms with Crippen LogP contribution in [0.2, 0.25) is 0 Å². The molecular weight excluding hydrogens is 305 g/mol. The monoisotopic (exact) mass is 321 g/mol. The van der Waals surface area contributed by atoms with Crippen LogP contribution in [0.25, 0.3) is 11.4 Å². The number of nitrogens with one attached hydrogen (secondary N) is 1. The standard InChI is InChI=1S/C15H16FN3O2S/c1-3-8-22-9-13(20)17-10(2)15-18-14(19-21-15)11-4-6-12(16)7-5-11/h3-7,10H,1,8-9H2,2H3,(H,17,20)/t10-/m1/s1. The smallest absolute Gasteiger partial charge is 0.249 e. The summed E-state index contributed by atoms with van der Waals surface area (Å²) >= 11 is 1.47.